The van der Waals surface area contributed by atoms with Gasteiger partial charge in [-0.15, -0.1) is 0 Å². The van der Waals surface area contributed by atoms with Gasteiger partial charge in [0.15, 0.2) is 0 Å². The highest BCUT2D eigenvalue weighted by Gasteiger charge is 2.80. The Morgan fingerprint density at radius 3 is 2.05 bits per heavy atom. The van der Waals surface area contributed by atoms with Gasteiger partial charge in [0.2, 0.25) is 0 Å². The SMILES string of the molecule is OC[C@H]1[C@H]2[C@@H]3CC[C@H]4[C@@H](O)[C@H]5[C@@H]6[C@H]7CCC[C@H]7[C@@H]1[C@H]6[C@H]2[C@@H]5[C@@H]43. The van der Waals surface area contributed by atoms with Crippen LogP contribution in [-0.2, 0) is 0 Å². The van der Waals surface area contributed by atoms with E-state index in [1.807, 2.05) is 0 Å². The summed E-state index contributed by atoms with van der Waals surface area (Å²) >= 11 is 0. The van der Waals surface area contributed by atoms with Gasteiger partial charge in [0.1, 0.15) is 0 Å². The summed E-state index contributed by atoms with van der Waals surface area (Å²) in [7, 11) is 0. The molecule has 0 aliphatic heterocycles. The molecule has 0 spiro atoms. The maximum absolute atomic E-state index is 11.1. The van der Waals surface area contributed by atoms with E-state index >= 15 is 0 Å². The van der Waals surface area contributed by atoms with Crippen molar-refractivity contribution >= 4 is 0 Å². The maximum Gasteiger partial charge on any atom is 0.0605 e. The van der Waals surface area contributed by atoms with Gasteiger partial charge in [-0.2, -0.15) is 0 Å². The summed E-state index contributed by atoms with van der Waals surface area (Å²) < 4.78 is 0. The first kappa shape index (κ1) is 12.3. The largest absolute Gasteiger partial charge is 0.396 e. The van der Waals surface area contributed by atoms with Crippen LogP contribution in [0.1, 0.15) is 32.1 Å². The van der Waals surface area contributed by atoms with E-state index in [0.29, 0.717) is 24.4 Å². The van der Waals surface area contributed by atoms with Gasteiger partial charge in [0.05, 0.1) is 6.10 Å². The minimum absolute atomic E-state index is 0.0455. The predicted octanol–water partition coefficient (Wildman–Crippen LogP) is 2.40. The zero-order valence-electron chi connectivity index (χ0n) is 13.2. The highest BCUT2D eigenvalue weighted by molar-refractivity contribution is 5.27. The molecule has 0 saturated heterocycles. The molecule has 0 aromatic carbocycles. The van der Waals surface area contributed by atoms with Crippen molar-refractivity contribution in [3.8, 4) is 0 Å². The van der Waals surface area contributed by atoms with Gasteiger partial charge >= 0.3 is 0 Å². The predicted molar refractivity (Wildman–Crippen MR) is 81.5 cm³/mol. The Bertz CT molecular complexity index is 537. The van der Waals surface area contributed by atoms with Crippen LogP contribution in [0.25, 0.3) is 0 Å². The molecule has 0 radical (unpaired) electrons. The number of hydrogen-bond acceptors (Lipinski definition) is 2. The van der Waals surface area contributed by atoms with Gasteiger partial charge in [-0.1, -0.05) is 6.42 Å². The molecule has 7 saturated carbocycles. The maximum atomic E-state index is 11.1. The van der Waals surface area contributed by atoms with Crippen LogP contribution in [0, 0.1) is 76.9 Å². The third kappa shape index (κ3) is 0.989. The van der Waals surface area contributed by atoms with Crippen LogP contribution < -0.4 is 0 Å². The molecule has 0 aromatic rings. The molecule has 0 amide bonds. The van der Waals surface area contributed by atoms with Crippen LogP contribution in [-0.4, -0.2) is 22.9 Å². The lowest BCUT2D eigenvalue weighted by Crippen LogP contribution is -2.30. The fraction of sp³-hybridized carbons (Fsp3) is 1.00. The molecule has 0 aromatic heterocycles. The second-order valence-electron chi connectivity index (χ2n) is 10.1. The van der Waals surface area contributed by atoms with Crippen molar-refractivity contribution in [2.45, 2.75) is 38.2 Å². The third-order valence-electron chi connectivity index (χ3n) is 10.5. The summed E-state index contributed by atoms with van der Waals surface area (Å²) in [5, 5.41) is 21.4. The first-order valence-corrected chi connectivity index (χ1v) is 10.1. The van der Waals surface area contributed by atoms with Crippen molar-refractivity contribution in [2.24, 2.45) is 76.9 Å². The van der Waals surface area contributed by atoms with Crippen LogP contribution in [0.2, 0.25) is 0 Å². The number of hydrogen-bond donors (Lipinski definition) is 2. The molecule has 2 nitrogen and oxygen atoms in total. The molecule has 14 atom stereocenters. The summed E-state index contributed by atoms with van der Waals surface area (Å²) in [4.78, 5) is 0. The van der Waals surface area contributed by atoms with E-state index in [-0.39, 0.29) is 6.10 Å². The number of rotatable bonds is 1. The normalized spacial score (nSPS) is 75.0. The summed E-state index contributed by atoms with van der Waals surface area (Å²) in [6.45, 7) is 0.464. The van der Waals surface area contributed by atoms with Crippen LogP contribution >= 0.6 is 0 Å². The van der Waals surface area contributed by atoms with Crippen LogP contribution in [0.15, 0.2) is 0 Å². The lowest BCUT2D eigenvalue weighted by molar-refractivity contribution is 0.0456. The summed E-state index contributed by atoms with van der Waals surface area (Å²) in [6.07, 6.45) is 7.00. The molecule has 2 N–H and O–H groups in total. The highest BCUT2D eigenvalue weighted by atomic mass is 16.3. The highest BCUT2D eigenvalue weighted by Crippen LogP contribution is 2.82. The van der Waals surface area contributed by atoms with Gasteiger partial charge in [-0.05, 0) is 103 Å². The Hall–Kier alpha value is -0.0800. The Morgan fingerprint density at radius 2 is 1.23 bits per heavy atom. The van der Waals surface area contributed by atoms with Crippen molar-refractivity contribution in [3.05, 3.63) is 0 Å². The van der Waals surface area contributed by atoms with Crippen molar-refractivity contribution in [1.29, 1.82) is 0 Å². The number of aliphatic hydroxyl groups excluding tert-OH is 2. The quantitative estimate of drug-likeness (QED) is 0.780. The summed E-state index contributed by atoms with van der Waals surface area (Å²) in [5.74, 6) is 10.8. The standard InChI is InChI=1S/C20H28O2/c21-6-11-12-7-2-1-3-8(7)15-16(12)17-14(11)9-4-5-10-13(9)18(17)19(15)20(10)22/h7-22H,1-6H2/t7-,8+,9-,10-,11-,12+,13-,14-,15-,16-,17+,18+,19+,20-/m1/s1. The lowest BCUT2D eigenvalue weighted by atomic mass is 9.75. The Balaban J connectivity index is 1.46. The molecule has 0 bridgehead atoms. The van der Waals surface area contributed by atoms with E-state index in [1.165, 1.54) is 32.1 Å². The Labute approximate surface area is 132 Å². The monoisotopic (exact) mass is 300 g/mol. The van der Waals surface area contributed by atoms with Crippen molar-refractivity contribution in [1.82, 2.24) is 0 Å². The van der Waals surface area contributed by atoms with E-state index in [9.17, 15) is 10.2 Å². The third-order valence-corrected chi connectivity index (χ3v) is 10.5. The van der Waals surface area contributed by atoms with E-state index in [1.54, 1.807) is 0 Å². The van der Waals surface area contributed by atoms with Gasteiger partial charge in [-0.25, -0.2) is 0 Å². The number of aliphatic hydroxyl groups is 2. The molecule has 22 heavy (non-hydrogen) atoms. The zero-order chi connectivity index (χ0) is 14.3. The molecule has 0 heterocycles. The molecule has 7 rings (SSSR count). The van der Waals surface area contributed by atoms with E-state index in [4.69, 9.17) is 0 Å². The fourth-order valence-corrected chi connectivity index (χ4v) is 10.9. The average Bonchev–Trinajstić information content (AvgIpc) is 3.26. The lowest BCUT2D eigenvalue weighted by Gasteiger charge is -2.31. The second kappa shape index (κ2) is 3.61. The molecule has 2 heteroatoms. The first-order chi connectivity index (χ1) is 10.8. The first-order valence-electron chi connectivity index (χ1n) is 10.1. The smallest absolute Gasteiger partial charge is 0.0605 e. The summed E-state index contributed by atoms with van der Waals surface area (Å²) in [6, 6.07) is 0. The minimum Gasteiger partial charge on any atom is -0.396 e. The molecule has 0 unspecified atom stereocenters. The molecule has 7 fully saturated rings. The van der Waals surface area contributed by atoms with E-state index < -0.39 is 0 Å². The van der Waals surface area contributed by atoms with Crippen molar-refractivity contribution in [2.75, 3.05) is 6.61 Å². The van der Waals surface area contributed by atoms with Crippen LogP contribution in [0.3, 0.4) is 0 Å². The average molecular weight is 300 g/mol. The van der Waals surface area contributed by atoms with E-state index in [0.717, 1.165) is 59.2 Å². The van der Waals surface area contributed by atoms with Gasteiger partial charge in [0, 0.05) is 6.61 Å². The van der Waals surface area contributed by atoms with Crippen molar-refractivity contribution < 1.29 is 10.2 Å². The fourth-order valence-electron chi connectivity index (χ4n) is 10.9. The van der Waals surface area contributed by atoms with Crippen molar-refractivity contribution in [3.63, 3.8) is 0 Å². The molecule has 7 aliphatic rings. The molecular formula is C20H28O2. The van der Waals surface area contributed by atoms with Crippen LogP contribution in [0.5, 0.6) is 0 Å². The molecule has 120 valence electrons. The number of fused-ring (bicyclic) bond motifs is 5. The zero-order valence-corrected chi connectivity index (χ0v) is 13.2. The topological polar surface area (TPSA) is 40.5 Å². The van der Waals surface area contributed by atoms with Gasteiger partial charge in [0.25, 0.3) is 0 Å². The van der Waals surface area contributed by atoms with Crippen LogP contribution in [0.4, 0.5) is 0 Å². The van der Waals surface area contributed by atoms with Gasteiger partial charge < -0.3 is 10.2 Å². The second-order valence-corrected chi connectivity index (χ2v) is 10.1. The van der Waals surface area contributed by atoms with E-state index in [2.05, 4.69) is 0 Å². The minimum atomic E-state index is 0.0455. The molecular weight excluding hydrogens is 272 g/mol. The molecule has 7 aliphatic carbocycles. The van der Waals surface area contributed by atoms with Gasteiger partial charge in [-0.3, -0.25) is 0 Å². The summed E-state index contributed by atoms with van der Waals surface area (Å²) in [5.41, 5.74) is 0. The Morgan fingerprint density at radius 1 is 0.591 bits per heavy atom. The Kier molecular flexibility index (Phi) is 2.02.